The zero-order valence-electron chi connectivity index (χ0n) is 13.1. The van der Waals surface area contributed by atoms with Crippen molar-refractivity contribution in [2.24, 2.45) is 16.0 Å². The van der Waals surface area contributed by atoms with Crippen LogP contribution in [0.1, 0.15) is 31.6 Å². The van der Waals surface area contributed by atoms with Crippen molar-refractivity contribution in [3.63, 3.8) is 0 Å². The Hall–Kier alpha value is -0.390. The normalized spacial score (nSPS) is 12.1. The molecule has 6 nitrogen and oxygen atoms in total. The Labute approximate surface area is 154 Å². The zero-order valence-corrected chi connectivity index (χ0v) is 17.1. The van der Waals surface area contributed by atoms with Crippen LogP contribution in [0.25, 0.3) is 0 Å². The van der Waals surface area contributed by atoms with Gasteiger partial charge < -0.3 is 10.6 Å². The second kappa shape index (κ2) is 10.4. The highest BCUT2D eigenvalue weighted by atomic mass is 127. The fourth-order valence-electron chi connectivity index (χ4n) is 1.82. The minimum atomic E-state index is -3.61. The molecular formula is C13H25IN4O2S2. The van der Waals surface area contributed by atoms with E-state index in [0.29, 0.717) is 18.4 Å². The molecule has 22 heavy (non-hydrogen) atoms. The molecule has 1 rings (SSSR count). The highest BCUT2D eigenvalue weighted by Crippen LogP contribution is 2.19. The highest BCUT2D eigenvalue weighted by molar-refractivity contribution is 14.0. The van der Waals surface area contributed by atoms with E-state index in [1.807, 2.05) is 0 Å². The van der Waals surface area contributed by atoms with Crippen LogP contribution in [-0.2, 0) is 16.6 Å². The summed E-state index contributed by atoms with van der Waals surface area (Å²) in [5.74, 6) is 1.34. The molecule has 9 heteroatoms. The first-order valence-electron chi connectivity index (χ1n) is 6.96. The predicted octanol–water partition coefficient (Wildman–Crippen LogP) is 2.11. The maximum absolute atomic E-state index is 11.2. The van der Waals surface area contributed by atoms with Gasteiger partial charge in [-0.1, -0.05) is 26.7 Å². The molecular weight excluding hydrogens is 435 g/mol. The number of aliphatic imine (C=N–C) groups is 1. The van der Waals surface area contributed by atoms with Gasteiger partial charge >= 0.3 is 0 Å². The van der Waals surface area contributed by atoms with Gasteiger partial charge in [0.1, 0.15) is 4.21 Å². The number of nitrogens with two attached hydrogens (primary N) is 1. The minimum absolute atomic E-state index is 0. The van der Waals surface area contributed by atoms with Crippen molar-refractivity contribution < 1.29 is 8.42 Å². The number of halogens is 1. The summed E-state index contributed by atoms with van der Waals surface area (Å²) in [7, 11) is -1.89. The van der Waals surface area contributed by atoms with Crippen LogP contribution in [0.4, 0.5) is 0 Å². The minimum Gasteiger partial charge on any atom is -0.356 e. The molecule has 1 aromatic heterocycles. The van der Waals surface area contributed by atoms with Crippen LogP contribution in [0.5, 0.6) is 0 Å². The number of hydrogen-bond donors (Lipinski definition) is 3. The van der Waals surface area contributed by atoms with Crippen LogP contribution in [0.3, 0.4) is 0 Å². The van der Waals surface area contributed by atoms with E-state index in [0.717, 1.165) is 24.3 Å². The lowest BCUT2D eigenvalue weighted by molar-refractivity contribution is 0.481. The first-order valence-corrected chi connectivity index (χ1v) is 9.33. The first kappa shape index (κ1) is 21.6. The lowest BCUT2D eigenvalue weighted by atomic mass is 10.0. The first-order chi connectivity index (χ1) is 9.90. The summed E-state index contributed by atoms with van der Waals surface area (Å²) in [5, 5.41) is 11.5. The third-order valence-corrected chi connectivity index (χ3v) is 5.81. The summed E-state index contributed by atoms with van der Waals surface area (Å²) in [6.07, 6.45) is 2.26. The second-order valence-corrected chi connectivity index (χ2v) is 7.71. The number of guanidine groups is 1. The van der Waals surface area contributed by atoms with Gasteiger partial charge in [0.25, 0.3) is 0 Å². The van der Waals surface area contributed by atoms with E-state index in [9.17, 15) is 8.42 Å². The van der Waals surface area contributed by atoms with Gasteiger partial charge in [-0.2, -0.15) is 0 Å². The molecule has 0 saturated heterocycles. The number of rotatable bonds is 7. The summed E-state index contributed by atoms with van der Waals surface area (Å²) in [6, 6.07) is 3.28. The second-order valence-electron chi connectivity index (χ2n) is 4.75. The van der Waals surface area contributed by atoms with E-state index in [4.69, 9.17) is 5.14 Å². The van der Waals surface area contributed by atoms with E-state index < -0.39 is 10.0 Å². The topological polar surface area (TPSA) is 96.6 Å². The fraction of sp³-hybridized carbons (Fsp3) is 0.615. The summed E-state index contributed by atoms with van der Waals surface area (Å²) < 4.78 is 22.6. The Morgan fingerprint density at radius 3 is 2.41 bits per heavy atom. The average molecular weight is 460 g/mol. The smallest absolute Gasteiger partial charge is 0.247 e. The zero-order chi connectivity index (χ0) is 15.9. The van der Waals surface area contributed by atoms with E-state index in [1.54, 1.807) is 13.1 Å². The van der Waals surface area contributed by atoms with Gasteiger partial charge in [-0.05, 0) is 18.1 Å². The Balaban J connectivity index is 0.00000441. The summed E-state index contributed by atoms with van der Waals surface area (Å²) in [4.78, 5) is 5.05. The summed E-state index contributed by atoms with van der Waals surface area (Å²) >= 11 is 1.17. The van der Waals surface area contributed by atoms with Gasteiger partial charge in [0.15, 0.2) is 5.96 Å². The molecule has 0 aromatic carbocycles. The third kappa shape index (κ3) is 7.25. The molecule has 0 radical (unpaired) electrons. The number of nitrogens with one attached hydrogen (secondary N) is 2. The quantitative estimate of drug-likeness (QED) is 0.330. The molecule has 4 N–H and O–H groups in total. The molecule has 1 aromatic rings. The van der Waals surface area contributed by atoms with Gasteiger partial charge in [-0.25, -0.2) is 13.6 Å². The van der Waals surface area contributed by atoms with Crippen LogP contribution in [0.2, 0.25) is 0 Å². The average Bonchev–Trinajstić information content (AvgIpc) is 2.92. The van der Waals surface area contributed by atoms with Crippen molar-refractivity contribution in [3.8, 4) is 0 Å². The molecule has 0 atom stereocenters. The molecule has 0 unspecified atom stereocenters. The molecule has 0 amide bonds. The van der Waals surface area contributed by atoms with E-state index in [2.05, 4.69) is 29.5 Å². The molecule has 0 spiro atoms. The number of thiophene rings is 1. The number of nitrogens with zero attached hydrogens (tertiary/aromatic N) is 1. The Morgan fingerprint density at radius 2 is 1.95 bits per heavy atom. The number of hydrogen-bond acceptors (Lipinski definition) is 4. The summed E-state index contributed by atoms with van der Waals surface area (Å²) in [5.41, 5.74) is 0. The van der Waals surface area contributed by atoms with Gasteiger partial charge in [-0.3, -0.25) is 4.99 Å². The monoisotopic (exact) mass is 460 g/mol. The van der Waals surface area contributed by atoms with E-state index in [-0.39, 0.29) is 28.2 Å². The molecule has 0 aliphatic heterocycles. The molecule has 0 aliphatic carbocycles. The lowest BCUT2D eigenvalue weighted by Crippen LogP contribution is -2.39. The van der Waals surface area contributed by atoms with Crippen molar-refractivity contribution >= 4 is 51.3 Å². The number of sulfonamides is 1. The maximum atomic E-state index is 11.2. The SMILES string of the molecule is CCC(CC)CNC(=NC)NCc1ccc(S(N)(=O)=O)s1.I. The molecule has 128 valence electrons. The molecule has 0 saturated carbocycles. The maximum Gasteiger partial charge on any atom is 0.247 e. The third-order valence-electron chi connectivity index (χ3n) is 3.28. The molecule has 0 fully saturated rings. The molecule has 1 heterocycles. The Kier molecular flexibility index (Phi) is 10.2. The molecule has 0 bridgehead atoms. The number of primary sulfonamides is 1. The largest absolute Gasteiger partial charge is 0.356 e. The van der Waals surface area contributed by atoms with Crippen molar-refractivity contribution in [1.82, 2.24) is 10.6 Å². The van der Waals surface area contributed by atoms with Crippen molar-refractivity contribution in [3.05, 3.63) is 17.0 Å². The van der Waals surface area contributed by atoms with E-state index in [1.165, 1.54) is 17.4 Å². The van der Waals surface area contributed by atoms with Crippen molar-refractivity contribution in [2.75, 3.05) is 13.6 Å². The van der Waals surface area contributed by atoms with Crippen molar-refractivity contribution in [2.45, 2.75) is 37.4 Å². The Morgan fingerprint density at radius 1 is 1.32 bits per heavy atom. The summed E-state index contributed by atoms with van der Waals surface area (Å²) in [6.45, 7) is 5.74. The van der Waals surface area contributed by atoms with Crippen molar-refractivity contribution in [1.29, 1.82) is 0 Å². The van der Waals surface area contributed by atoms with Crippen LogP contribution in [0.15, 0.2) is 21.3 Å². The van der Waals surface area contributed by atoms with Crippen LogP contribution >= 0.6 is 35.3 Å². The molecule has 0 aliphatic rings. The van der Waals surface area contributed by atoms with Crippen LogP contribution in [0, 0.1) is 5.92 Å². The fourth-order valence-corrected chi connectivity index (χ4v) is 3.53. The van der Waals surface area contributed by atoms with Gasteiger partial charge in [0.2, 0.25) is 10.0 Å². The standard InChI is InChI=1S/C13H24N4O2S2.HI/c1-4-10(5-2)8-16-13(15-3)17-9-11-6-7-12(20-11)21(14,18)19;/h6-7,10H,4-5,8-9H2,1-3H3,(H2,14,18,19)(H2,15,16,17);1H. The predicted molar refractivity (Wildman–Crippen MR) is 103 cm³/mol. The highest BCUT2D eigenvalue weighted by Gasteiger charge is 2.11. The van der Waals surface area contributed by atoms with Gasteiger partial charge in [-0.15, -0.1) is 35.3 Å². The lowest BCUT2D eigenvalue weighted by Gasteiger charge is -2.16. The van der Waals surface area contributed by atoms with E-state index >= 15 is 0 Å². The van der Waals surface area contributed by atoms with Crippen LogP contribution in [-0.4, -0.2) is 28.0 Å². The van der Waals surface area contributed by atoms with Gasteiger partial charge in [0, 0.05) is 18.5 Å². The van der Waals surface area contributed by atoms with Crippen LogP contribution < -0.4 is 15.8 Å². The Bertz CT molecular complexity index is 568. The van der Waals surface area contributed by atoms with Gasteiger partial charge in [0.05, 0.1) is 6.54 Å².